The van der Waals surface area contributed by atoms with Gasteiger partial charge in [-0.05, 0) is 26.0 Å². The van der Waals surface area contributed by atoms with Gasteiger partial charge in [-0.25, -0.2) is 0 Å². The molecule has 1 aromatic rings. The second kappa shape index (κ2) is 4.43. The van der Waals surface area contributed by atoms with Crippen LogP contribution in [0.25, 0.3) is 0 Å². The molecule has 5 heteroatoms. The number of hydrogen-bond donors (Lipinski definition) is 2. The predicted octanol–water partition coefficient (Wildman–Crippen LogP) is 0.692. The monoisotopic (exact) mass is 235 g/mol. The lowest BCUT2D eigenvalue weighted by molar-refractivity contribution is -0.125. The van der Waals surface area contributed by atoms with Crippen molar-refractivity contribution in [2.45, 2.75) is 19.9 Å². The predicted molar refractivity (Wildman–Crippen MR) is 64.5 cm³/mol. The van der Waals surface area contributed by atoms with Gasteiger partial charge in [0.15, 0.2) is 0 Å². The Hall–Kier alpha value is -1.46. The summed E-state index contributed by atoms with van der Waals surface area (Å²) in [5.41, 5.74) is 6.82. The van der Waals surface area contributed by atoms with Gasteiger partial charge in [-0.2, -0.15) is 0 Å². The summed E-state index contributed by atoms with van der Waals surface area (Å²) in [6, 6.07) is 3.41. The maximum absolute atomic E-state index is 12.1. The summed E-state index contributed by atoms with van der Waals surface area (Å²) in [5, 5.41) is 2.82. The number of carbonyl (C=O) groups is 1. The maximum Gasteiger partial charge on any atom is 0.234 e. The molecule has 1 aliphatic rings. The van der Waals surface area contributed by atoms with Crippen molar-refractivity contribution in [2.75, 3.05) is 18.5 Å². The van der Waals surface area contributed by atoms with Gasteiger partial charge >= 0.3 is 0 Å². The average Bonchev–Trinajstić information content (AvgIpc) is 2.64. The van der Waals surface area contributed by atoms with E-state index in [1.807, 2.05) is 26.0 Å². The molecule has 5 nitrogen and oxygen atoms in total. The minimum absolute atomic E-state index is 0.117. The number of pyridine rings is 1. The molecule has 1 amide bonds. The van der Waals surface area contributed by atoms with Crippen LogP contribution >= 0.6 is 0 Å². The van der Waals surface area contributed by atoms with E-state index in [0.29, 0.717) is 18.9 Å². The minimum atomic E-state index is -0.662. The molecule has 1 aliphatic heterocycles. The van der Waals surface area contributed by atoms with E-state index < -0.39 is 5.41 Å². The Morgan fingerprint density at radius 1 is 1.65 bits per heavy atom. The average molecular weight is 235 g/mol. The van der Waals surface area contributed by atoms with Gasteiger partial charge in [-0.15, -0.1) is 0 Å². The number of rotatable bonds is 2. The number of hydrogen-bond acceptors (Lipinski definition) is 4. The number of nitrogens with one attached hydrogen (secondary N) is 1. The van der Waals surface area contributed by atoms with Crippen molar-refractivity contribution in [1.29, 1.82) is 0 Å². The molecular weight excluding hydrogens is 218 g/mol. The highest BCUT2D eigenvalue weighted by molar-refractivity contribution is 5.95. The van der Waals surface area contributed by atoms with Crippen molar-refractivity contribution >= 4 is 11.6 Å². The summed E-state index contributed by atoms with van der Waals surface area (Å²) in [4.78, 5) is 16.3. The molecule has 1 aromatic heterocycles. The van der Waals surface area contributed by atoms with Crippen LogP contribution in [0.3, 0.4) is 0 Å². The zero-order chi connectivity index (χ0) is 12.5. The van der Waals surface area contributed by atoms with Gasteiger partial charge < -0.3 is 15.8 Å². The Balaban J connectivity index is 2.09. The Kier molecular flexibility index (Phi) is 3.13. The molecule has 1 fully saturated rings. The van der Waals surface area contributed by atoms with Gasteiger partial charge in [0.25, 0.3) is 0 Å². The quantitative estimate of drug-likeness (QED) is 0.790. The third-order valence-electron chi connectivity index (χ3n) is 3.21. The molecule has 3 N–H and O–H groups in total. The first kappa shape index (κ1) is 12.0. The number of nitrogens with zero attached hydrogens (tertiary/aromatic N) is 1. The third-order valence-corrected chi connectivity index (χ3v) is 3.21. The number of amides is 1. The van der Waals surface area contributed by atoms with E-state index in [1.165, 1.54) is 0 Å². The van der Waals surface area contributed by atoms with Crippen LogP contribution in [0.1, 0.15) is 12.6 Å². The van der Waals surface area contributed by atoms with Crippen LogP contribution in [-0.2, 0) is 9.53 Å². The van der Waals surface area contributed by atoms with Crippen LogP contribution in [0.2, 0.25) is 0 Å². The molecule has 2 heterocycles. The molecule has 1 saturated heterocycles. The van der Waals surface area contributed by atoms with Gasteiger partial charge in [0.2, 0.25) is 5.91 Å². The van der Waals surface area contributed by atoms with Crippen LogP contribution in [0.5, 0.6) is 0 Å². The first-order valence-electron chi connectivity index (χ1n) is 5.60. The van der Waals surface area contributed by atoms with Crippen LogP contribution in [0, 0.1) is 12.3 Å². The molecule has 0 aromatic carbocycles. The molecular formula is C12H17N3O2. The van der Waals surface area contributed by atoms with Crippen molar-refractivity contribution in [3.05, 3.63) is 24.0 Å². The Labute approximate surface area is 100 Å². The third kappa shape index (κ3) is 2.30. The van der Waals surface area contributed by atoms with Gasteiger partial charge in [0.1, 0.15) is 0 Å². The Morgan fingerprint density at radius 2 is 2.41 bits per heavy atom. The summed E-state index contributed by atoms with van der Waals surface area (Å²) in [7, 11) is 0. The molecule has 2 atom stereocenters. The zero-order valence-electron chi connectivity index (χ0n) is 10.1. The lowest BCUT2D eigenvalue weighted by atomic mass is 9.85. The molecule has 2 unspecified atom stereocenters. The van der Waals surface area contributed by atoms with Gasteiger partial charge in [-0.1, -0.05) is 0 Å². The second-order valence-electron chi connectivity index (χ2n) is 4.68. The summed E-state index contributed by atoms with van der Waals surface area (Å²) >= 11 is 0. The number of anilines is 1. The second-order valence-corrected chi connectivity index (χ2v) is 4.68. The highest BCUT2D eigenvalue weighted by Crippen LogP contribution is 2.28. The Morgan fingerprint density at radius 3 is 2.94 bits per heavy atom. The van der Waals surface area contributed by atoms with E-state index in [4.69, 9.17) is 10.5 Å². The van der Waals surface area contributed by atoms with Crippen LogP contribution < -0.4 is 11.1 Å². The molecule has 0 saturated carbocycles. The molecule has 2 rings (SSSR count). The number of carbonyl (C=O) groups excluding carboxylic acids is 1. The summed E-state index contributed by atoms with van der Waals surface area (Å²) in [5.74, 6) is -0.117. The summed E-state index contributed by atoms with van der Waals surface area (Å²) in [6.07, 6.45) is 1.64. The van der Waals surface area contributed by atoms with E-state index in [0.717, 1.165) is 5.69 Å². The molecule has 0 bridgehead atoms. The Bertz CT molecular complexity index is 418. The zero-order valence-corrected chi connectivity index (χ0v) is 10.1. The van der Waals surface area contributed by atoms with Crippen molar-refractivity contribution in [3.8, 4) is 0 Å². The molecule has 0 spiro atoms. The normalized spacial score (nSPS) is 28.1. The lowest BCUT2D eigenvalue weighted by Crippen LogP contribution is -2.47. The van der Waals surface area contributed by atoms with E-state index in [2.05, 4.69) is 10.3 Å². The smallest absolute Gasteiger partial charge is 0.234 e. The van der Waals surface area contributed by atoms with Crippen molar-refractivity contribution in [2.24, 2.45) is 11.1 Å². The largest absolute Gasteiger partial charge is 0.379 e. The van der Waals surface area contributed by atoms with Crippen molar-refractivity contribution in [1.82, 2.24) is 4.98 Å². The van der Waals surface area contributed by atoms with E-state index in [9.17, 15) is 4.79 Å². The van der Waals surface area contributed by atoms with Crippen LogP contribution in [0.15, 0.2) is 18.3 Å². The van der Waals surface area contributed by atoms with Gasteiger partial charge in [0.05, 0.1) is 30.5 Å². The van der Waals surface area contributed by atoms with Crippen LogP contribution in [0.4, 0.5) is 5.69 Å². The highest BCUT2D eigenvalue weighted by Gasteiger charge is 2.44. The van der Waals surface area contributed by atoms with Crippen molar-refractivity contribution < 1.29 is 9.53 Å². The molecule has 0 aliphatic carbocycles. The number of aromatic nitrogens is 1. The highest BCUT2D eigenvalue weighted by atomic mass is 16.5. The molecule has 17 heavy (non-hydrogen) atoms. The summed E-state index contributed by atoms with van der Waals surface area (Å²) < 4.78 is 5.25. The number of ether oxygens (including phenoxy) is 1. The topological polar surface area (TPSA) is 77.2 Å². The standard InChI is InChI=1S/C12H17N3O2/c1-8-3-4-9(5-14-8)15-11(16)12(2)7-17-6-10(12)13/h3-5,10H,6-7,13H2,1-2H3,(H,15,16). The molecule has 92 valence electrons. The number of nitrogens with two attached hydrogens (primary N) is 1. The summed E-state index contributed by atoms with van der Waals surface area (Å²) in [6.45, 7) is 4.50. The number of aryl methyl sites for hydroxylation is 1. The SMILES string of the molecule is Cc1ccc(NC(=O)C2(C)COCC2N)cn1. The fourth-order valence-corrected chi connectivity index (χ4v) is 1.74. The van der Waals surface area contributed by atoms with Crippen LogP contribution in [-0.4, -0.2) is 30.1 Å². The first-order valence-corrected chi connectivity index (χ1v) is 5.60. The fourth-order valence-electron chi connectivity index (χ4n) is 1.74. The van der Waals surface area contributed by atoms with Gasteiger partial charge in [0, 0.05) is 11.7 Å². The van der Waals surface area contributed by atoms with E-state index >= 15 is 0 Å². The van der Waals surface area contributed by atoms with E-state index in [-0.39, 0.29) is 11.9 Å². The first-order chi connectivity index (χ1) is 8.02. The minimum Gasteiger partial charge on any atom is -0.379 e. The molecule has 0 radical (unpaired) electrons. The fraction of sp³-hybridized carbons (Fsp3) is 0.500. The van der Waals surface area contributed by atoms with E-state index in [1.54, 1.807) is 6.20 Å². The van der Waals surface area contributed by atoms with Gasteiger partial charge in [-0.3, -0.25) is 9.78 Å². The van der Waals surface area contributed by atoms with Crippen molar-refractivity contribution in [3.63, 3.8) is 0 Å². The lowest BCUT2D eigenvalue weighted by Gasteiger charge is -2.25. The maximum atomic E-state index is 12.1.